The molecule has 0 N–H and O–H groups in total. The number of amides is 1. The van der Waals surface area contributed by atoms with Crippen molar-refractivity contribution in [3.63, 3.8) is 0 Å². The molecule has 0 radical (unpaired) electrons. The van der Waals surface area contributed by atoms with E-state index in [0.29, 0.717) is 0 Å². The molecule has 2 rings (SSSR count). The lowest BCUT2D eigenvalue weighted by molar-refractivity contribution is 0.0783. The third-order valence-corrected chi connectivity index (χ3v) is 3.13. The van der Waals surface area contributed by atoms with Gasteiger partial charge in [0, 0.05) is 42.0 Å². The number of hydrogen-bond donors (Lipinski definition) is 0. The molecule has 0 atom stereocenters. The summed E-state index contributed by atoms with van der Waals surface area (Å²) in [5.74, 6) is -1.67. The van der Waals surface area contributed by atoms with Crippen LogP contribution < -0.4 is 0 Å². The van der Waals surface area contributed by atoms with E-state index in [1.165, 1.54) is 36.3 Å². The third kappa shape index (κ3) is 3.11. The minimum atomic E-state index is -0.742. The molecule has 6 heteroatoms. The highest BCUT2D eigenvalue weighted by Gasteiger charge is 2.16. The molecule has 0 aliphatic carbocycles. The van der Waals surface area contributed by atoms with E-state index in [-0.39, 0.29) is 22.7 Å². The number of carbonyl (C=O) groups is 1. The predicted molar refractivity (Wildman–Crippen MR) is 71.4 cm³/mol. The summed E-state index contributed by atoms with van der Waals surface area (Å²) in [6, 6.07) is 6.73. The van der Waals surface area contributed by atoms with Crippen molar-refractivity contribution >= 4 is 17.5 Å². The Labute approximate surface area is 119 Å². The maximum Gasteiger partial charge on any atom is 0.254 e. The van der Waals surface area contributed by atoms with Gasteiger partial charge in [-0.15, -0.1) is 0 Å². The number of benzene rings is 1. The van der Waals surface area contributed by atoms with E-state index in [1.807, 2.05) is 0 Å². The lowest BCUT2D eigenvalue weighted by atomic mass is 10.1. The Bertz CT molecular complexity index is 629. The van der Waals surface area contributed by atoms with Gasteiger partial charge in [0.25, 0.3) is 5.91 Å². The quantitative estimate of drug-likeness (QED) is 0.814. The Morgan fingerprint density at radius 3 is 2.75 bits per heavy atom. The highest BCUT2D eigenvalue weighted by atomic mass is 35.5. The van der Waals surface area contributed by atoms with Gasteiger partial charge in [-0.1, -0.05) is 17.7 Å². The van der Waals surface area contributed by atoms with Crippen LogP contribution in [-0.2, 0) is 6.54 Å². The molecule has 0 saturated heterocycles. The molecule has 1 heterocycles. The summed E-state index contributed by atoms with van der Waals surface area (Å²) in [5, 5.41) is 0.241. The van der Waals surface area contributed by atoms with Gasteiger partial charge in [0.1, 0.15) is 5.82 Å². The zero-order chi connectivity index (χ0) is 14.7. The second-order valence-electron chi connectivity index (χ2n) is 4.23. The van der Waals surface area contributed by atoms with E-state index in [4.69, 9.17) is 11.6 Å². The van der Waals surface area contributed by atoms with Crippen molar-refractivity contribution in [3.8, 4) is 0 Å². The Morgan fingerprint density at radius 1 is 1.35 bits per heavy atom. The van der Waals surface area contributed by atoms with Crippen molar-refractivity contribution in [1.82, 2.24) is 9.88 Å². The van der Waals surface area contributed by atoms with Gasteiger partial charge < -0.3 is 4.90 Å². The predicted octanol–water partition coefficient (Wildman–Crippen LogP) is 3.29. The lowest BCUT2D eigenvalue weighted by Gasteiger charge is -2.18. The van der Waals surface area contributed by atoms with Gasteiger partial charge in [-0.05, 0) is 18.2 Å². The fourth-order valence-corrected chi connectivity index (χ4v) is 1.97. The van der Waals surface area contributed by atoms with E-state index >= 15 is 0 Å². The number of aromatic nitrogens is 1. The smallest absolute Gasteiger partial charge is 0.254 e. The van der Waals surface area contributed by atoms with Crippen molar-refractivity contribution in [2.45, 2.75) is 6.54 Å². The molecular formula is C14H11ClF2N2O. The van der Waals surface area contributed by atoms with Gasteiger partial charge in [0.2, 0.25) is 5.95 Å². The van der Waals surface area contributed by atoms with Gasteiger partial charge in [0.15, 0.2) is 0 Å². The van der Waals surface area contributed by atoms with Gasteiger partial charge in [-0.3, -0.25) is 4.79 Å². The van der Waals surface area contributed by atoms with E-state index < -0.39 is 17.7 Å². The molecule has 0 aliphatic heterocycles. The first-order valence-electron chi connectivity index (χ1n) is 5.79. The highest BCUT2D eigenvalue weighted by Crippen LogP contribution is 2.21. The van der Waals surface area contributed by atoms with Crippen LogP contribution in [0.4, 0.5) is 8.78 Å². The van der Waals surface area contributed by atoms with E-state index in [9.17, 15) is 13.6 Å². The Kier molecular flexibility index (Phi) is 4.29. The minimum absolute atomic E-state index is 0.00567. The van der Waals surface area contributed by atoms with Crippen LogP contribution >= 0.6 is 11.6 Å². The molecule has 0 fully saturated rings. The van der Waals surface area contributed by atoms with Gasteiger partial charge in [0.05, 0.1) is 0 Å². The first kappa shape index (κ1) is 14.4. The maximum absolute atomic E-state index is 13.6. The van der Waals surface area contributed by atoms with Crippen LogP contribution in [0.1, 0.15) is 15.9 Å². The molecule has 2 aromatic rings. The second-order valence-corrected chi connectivity index (χ2v) is 4.64. The largest absolute Gasteiger partial charge is 0.337 e. The number of pyridine rings is 1. The van der Waals surface area contributed by atoms with E-state index in [2.05, 4.69) is 4.98 Å². The molecule has 1 aromatic heterocycles. The van der Waals surface area contributed by atoms with Crippen molar-refractivity contribution in [3.05, 3.63) is 64.4 Å². The number of nitrogens with zero attached hydrogens (tertiary/aromatic N) is 2. The zero-order valence-electron chi connectivity index (χ0n) is 10.6. The molecule has 20 heavy (non-hydrogen) atoms. The summed E-state index contributed by atoms with van der Waals surface area (Å²) in [5.41, 5.74) is 0.368. The molecule has 0 bridgehead atoms. The maximum atomic E-state index is 13.6. The van der Waals surface area contributed by atoms with E-state index in [0.717, 1.165) is 6.07 Å². The first-order chi connectivity index (χ1) is 9.49. The normalized spacial score (nSPS) is 10.4. The standard InChI is InChI=1S/C14H11ClF2N2O/c1-19(8-10-11(15)3-2-4-12(10)16)14(20)9-5-6-18-13(17)7-9/h2-7H,8H2,1H3. The second kappa shape index (κ2) is 5.96. The van der Waals surface area contributed by atoms with Crippen molar-refractivity contribution in [2.24, 2.45) is 0 Å². The Hall–Kier alpha value is -2.01. The zero-order valence-corrected chi connectivity index (χ0v) is 11.4. The molecule has 1 aromatic carbocycles. The molecule has 1 amide bonds. The monoisotopic (exact) mass is 296 g/mol. The molecule has 0 unspecified atom stereocenters. The van der Waals surface area contributed by atoms with Crippen LogP contribution in [0.15, 0.2) is 36.5 Å². The molecule has 0 saturated carbocycles. The number of halogens is 3. The van der Waals surface area contributed by atoms with Crippen LogP contribution in [-0.4, -0.2) is 22.8 Å². The van der Waals surface area contributed by atoms with Crippen LogP contribution in [0, 0.1) is 11.8 Å². The number of hydrogen-bond acceptors (Lipinski definition) is 2. The fraction of sp³-hybridized carbons (Fsp3) is 0.143. The molecule has 0 spiro atoms. The molecule has 0 aliphatic rings. The lowest BCUT2D eigenvalue weighted by Crippen LogP contribution is -2.27. The first-order valence-corrected chi connectivity index (χ1v) is 6.16. The number of rotatable bonds is 3. The van der Waals surface area contributed by atoms with Crippen molar-refractivity contribution < 1.29 is 13.6 Å². The summed E-state index contributed by atoms with van der Waals surface area (Å²) < 4.78 is 26.6. The van der Waals surface area contributed by atoms with Crippen LogP contribution in [0.3, 0.4) is 0 Å². The van der Waals surface area contributed by atoms with Crippen LogP contribution in [0.2, 0.25) is 5.02 Å². The topological polar surface area (TPSA) is 33.2 Å². The average molecular weight is 297 g/mol. The summed E-state index contributed by atoms with van der Waals surface area (Å²) in [7, 11) is 1.49. The van der Waals surface area contributed by atoms with Crippen molar-refractivity contribution in [2.75, 3.05) is 7.05 Å². The van der Waals surface area contributed by atoms with Crippen molar-refractivity contribution in [1.29, 1.82) is 0 Å². The van der Waals surface area contributed by atoms with Crippen LogP contribution in [0.25, 0.3) is 0 Å². The molecule has 104 valence electrons. The SMILES string of the molecule is CN(Cc1c(F)cccc1Cl)C(=O)c1ccnc(F)c1. The summed E-state index contributed by atoms with van der Waals surface area (Å²) in [6.07, 6.45) is 1.20. The van der Waals surface area contributed by atoms with Crippen LogP contribution in [0.5, 0.6) is 0 Å². The van der Waals surface area contributed by atoms with Gasteiger partial charge in [-0.25, -0.2) is 9.37 Å². The summed E-state index contributed by atoms with van der Waals surface area (Å²) in [6.45, 7) is -0.00567. The fourth-order valence-electron chi connectivity index (χ4n) is 1.75. The minimum Gasteiger partial charge on any atom is -0.337 e. The van der Waals surface area contributed by atoms with Gasteiger partial charge in [-0.2, -0.15) is 4.39 Å². The third-order valence-electron chi connectivity index (χ3n) is 2.78. The van der Waals surface area contributed by atoms with E-state index in [1.54, 1.807) is 6.07 Å². The molecular weight excluding hydrogens is 286 g/mol. The Morgan fingerprint density at radius 2 is 2.10 bits per heavy atom. The summed E-state index contributed by atoms with van der Waals surface area (Å²) in [4.78, 5) is 16.7. The Balaban J connectivity index is 2.20. The summed E-state index contributed by atoms with van der Waals surface area (Å²) >= 11 is 5.90. The average Bonchev–Trinajstić information content (AvgIpc) is 2.42. The number of carbonyl (C=O) groups excluding carboxylic acids is 1. The molecule has 3 nitrogen and oxygen atoms in total. The highest BCUT2D eigenvalue weighted by molar-refractivity contribution is 6.31. The van der Waals surface area contributed by atoms with Gasteiger partial charge >= 0.3 is 0 Å².